The first-order chi connectivity index (χ1) is 13.1. The SMILES string of the molecule is CCc1ccc(OCC(=O)Nc2nnc(SCc3ccc(Cl)cc3)s2)cc1. The lowest BCUT2D eigenvalue weighted by molar-refractivity contribution is -0.118. The van der Waals surface area contributed by atoms with Crippen LogP contribution in [0.15, 0.2) is 52.9 Å². The van der Waals surface area contributed by atoms with Crippen molar-refractivity contribution in [3.05, 3.63) is 64.7 Å². The summed E-state index contributed by atoms with van der Waals surface area (Å²) in [7, 11) is 0. The Morgan fingerprint density at radius 3 is 2.52 bits per heavy atom. The van der Waals surface area contributed by atoms with Crippen molar-refractivity contribution in [1.29, 1.82) is 0 Å². The summed E-state index contributed by atoms with van der Waals surface area (Å²) in [6, 6.07) is 15.4. The van der Waals surface area contributed by atoms with Gasteiger partial charge in [0.25, 0.3) is 5.91 Å². The highest BCUT2D eigenvalue weighted by Gasteiger charge is 2.10. The number of amides is 1. The molecule has 0 saturated carbocycles. The highest BCUT2D eigenvalue weighted by atomic mass is 35.5. The van der Waals surface area contributed by atoms with Crippen molar-refractivity contribution in [3.63, 3.8) is 0 Å². The first kappa shape index (κ1) is 19.7. The van der Waals surface area contributed by atoms with Crippen molar-refractivity contribution in [2.75, 3.05) is 11.9 Å². The number of aryl methyl sites for hydroxylation is 1. The number of ether oxygens (including phenoxy) is 1. The highest BCUT2D eigenvalue weighted by Crippen LogP contribution is 2.28. The molecule has 1 amide bonds. The predicted molar refractivity (Wildman–Crippen MR) is 111 cm³/mol. The van der Waals surface area contributed by atoms with Crippen LogP contribution in [0.25, 0.3) is 0 Å². The van der Waals surface area contributed by atoms with Gasteiger partial charge in [0, 0.05) is 10.8 Å². The number of halogens is 1. The van der Waals surface area contributed by atoms with E-state index >= 15 is 0 Å². The van der Waals surface area contributed by atoms with Gasteiger partial charge in [0.15, 0.2) is 10.9 Å². The van der Waals surface area contributed by atoms with Crippen molar-refractivity contribution in [1.82, 2.24) is 10.2 Å². The van der Waals surface area contributed by atoms with Crippen LogP contribution in [-0.4, -0.2) is 22.7 Å². The van der Waals surface area contributed by atoms with Crippen LogP contribution in [0, 0.1) is 0 Å². The zero-order valence-electron chi connectivity index (χ0n) is 14.6. The van der Waals surface area contributed by atoms with Crippen molar-refractivity contribution in [2.45, 2.75) is 23.4 Å². The standard InChI is InChI=1S/C19H18ClN3O2S2/c1-2-13-5-9-16(10-6-13)25-11-17(24)21-18-22-23-19(27-18)26-12-14-3-7-15(20)8-4-14/h3-10H,2,11-12H2,1H3,(H,21,22,24). The van der Waals surface area contributed by atoms with Gasteiger partial charge in [0.2, 0.25) is 5.13 Å². The summed E-state index contributed by atoms with van der Waals surface area (Å²) in [6.45, 7) is 2.02. The van der Waals surface area contributed by atoms with E-state index in [-0.39, 0.29) is 12.5 Å². The summed E-state index contributed by atoms with van der Waals surface area (Å²) < 4.78 is 6.28. The van der Waals surface area contributed by atoms with Gasteiger partial charge in [-0.15, -0.1) is 10.2 Å². The number of benzene rings is 2. The van der Waals surface area contributed by atoms with E-state index in [1.807, 2.05) is 48.5 Å². The third-order valence-electron chi connectivity index (χ3n) is 3.63. The third kappa shape index (κ3) is 6.23. The molecule has 0 aliphatic carbocycles. The van der Waals surface area contributed by atoms with E-state index in [9.17, 15) is 4.79 Å². The van der Waals surface area contributed by atoms with Gasteiger partial charge in [-0.1, -0.05) is 65.9 Å². The fourth-order valence-corrected chi connectivity index (χ4v) is 4.02. The third-order valence-corrected chi connectivity index (χ3v) is 5.93. The molecule has 0 radical (unpaired) electrons. The van der Waals surface area contributed by atoms with Crippen LogP contribution < -0.4 is 10.1 Å². The molecule has 8 heteroatoms. The van der Waals surface area contributed by atoms with Crippen molar-refractivity contribution in [3.8, 4) is 5.75 Å². The van der Waals surface area contributed by atoms with Crippen LogP contribution in [0.5, 0.6) is 5.75 Å². The van der Waals surface area contributed by atoms with Gasteiger partial charge in [-0.2, -0.15) is 0 Å². The molecule has 2 aromatic carbocycles. The molecule has 5 nitrogen and oxygen atoms in total. The van der Waals surface area contributed by atoms with Crippen LogP contribution >= 0.6 is 34.7 Å². The minimum absolute atomic E-state index is 0.0711. The summed E-state index contributed by atoms with van der Waals surface area (Å²) in [4.78, 5) is 12.0. The van der Waals surface area contributed by atoms with Gasteiger partial charge in [-0.25, -0.2) is 0 Å². The Kier molecular flexibility index (Phi) is 7.09. The Balaban J connectivity index is 1.44. The van der Waals surface area contributed by atoms with Gasteiger partial charge in [0.05, 0.1) is 0 Å². The van der Waals surface area contributed by atoms with Crippen molar-refractivity contribution >= 4 is 45.7 Å². The number of hydrogen-bond donors (Lipinski definition) is 1. The highest BCUT2D eigenvalue weighted by molar-refractivity contribution is 8.00. The quantitative estimate of drug-likeness (QED) is 0.408. The maximum atomic E-state index is 12.0. The number of carbonyl (C=O) groups excluding carboxylic acids is 1. The molecule has 0 saturated heterocycles. The van der Waals surface area contributed by atoms with Gasteiger partial charge in [0.1, 0.15) is 5.75 Å². The maximum absolute atomic E-state index is 12.0. The second-order valence-corrected chi connectivity index (χ2v) is 8.26. The molecule has 0 spiro atoms. The fourth-order valence-electron chi connectivity index (χ4n) is 2.17. The summed E-state index contributed by atoms with van der Waals surface area (Å²) in [5.74, 6) is 1.16. The predicted octanol–water partition coefficient (Wildman–Crippen LogP) is 5.06. The van der Waals surface area contributed by atoms with E-state index in [2.05, 4.69) is 22.4 Å². The molecule has 0 atom stereocenters. The van der Waals surface area contributed by atoms with E-state index in [0.717, 1.165) is 22.1 Å². The van der Waals surface area contributed by atoms with Crippen LogP contribution in [0.1, 0.15) is 18.1 Å². The molecule has 3 rings (SSSR count). The number of thioether (sulfide) groups is 1. The van der Waals surface area contributed by atoms with Gasteiger partial charge in [-0.3, -0.25) is 10.1 Å². The van der Waals surface area contributed by atoms with Crippen molar-refractivity contribution < 1.29 is 9.53 Å². The molecular weight excluding hydrogens is 402 g/mol. The summed E-state index contributed by atoms with van der Waals surface area (Å²) >= 11 is 8.78. The minimum atomic E-state index is -0.264. The van der Waals surface area contributed by atoms with Crippen molar-refractivity contribution in [2.24, 2.45) is 0 Å². The second kappa shape index (κ2) is 9.73. The number of rotatable bonds is 8. The lowest BCUT2D eigenvalue weighted by Crippen LogP contribution is -2.20. The summed E-state index contributed by atoms with van der Waals surface area (Å²) in [6.07, 6.45) is 0.968. The lowest BCUT2D eigenvalue weighted by atomic mass is 10.2. The van der Waals surface area contributed by atoms with E-state index in [0.29, 0.717) is 15.9 Å². The van der Waals surface area contributed by atoms with Crippen LogP contribution in [0.4, 0.5) is 5.13 Å². The van der Waals surface area contributed by atoms with Crippen LogP contribution in [-0.2, 0) is 17.0 Å². The van der Waals surface area contributed by atoms with Gasteiger partial charge < -0.3 is 4.74 Å². The number of nitrogens with zero attached hydrogens (tertiary/aromatic N) is 2. The Morgan fingerprint density at radius 2 is 1.81 bits per heavy atom. The zero-order chi connectivity index (χ0) is 19.1. The van der Waals surface area contributed by atoms with E-state index < -0.39 is 0 Å². The van der Waals surface area contributed by atoms with Gasteiger partial charge >= 0.3 is 0 Å². The Morgan fingerprint density at radius 1 is 1.11 bits per heavy atom. The molecular formula is C19H18ClN3O2S2. The van der Waals surface area contributed by atoms with Crippen LogP contribution in [0.3, 0.4) is 0 Å². The maximum Gasteiger partial charge on any atom is 0.264 e. The second-order valence-electron chi connectivity index (χ2n) is 5.62. The molecule has 0 bridgehead atoms. The normalized spacial score (nSPS) is 10.6. The number of anilines is 1. The lowest BCUT2D eigenvalue weighted by Gasteiger charge is -2.06. The molecule has 27 heavy (non-hydrogen) atoms. The molecule has 140 valence electrons. The topological polar surface area (TPSA) is 64.1 Å². The number of aromatic nitrogens is 2. The molecule has 1 heterocycles. The smallest absolute Gasteiger partial charge is 0.264 e. The first-order valence-electron chi connectivity index (χ1n) is 8.34. The first-order valence-corrected chi connectivity index (χ1v) is 10.5. The van der Waals surface area contributed by atoms with Gasteiger partial charge in [-0.05, 0) is 41.8 Å². The van der Waals surface area contributed by atoms with E-state index in [1.165, 1.54) is 16.9 Å². The Bertz CT molecular complexity index is 883. The summed E-state index contributed by atoms with van der Waals surface area (Å²) in [5, 5.41) is 12.0. The number of nitrogens with one attached hydrogen (secondary N) is 1. The zero-order valence-corrected chi connectivity index (χ0v) is 17.0. The largest absolute Gasteiger partial charge is 0.484 e. The fraction of sp³-hybridized carbons (Fsp3) is 0.211. The van der Waals surface area contributed by atoms with E-state index in [4.69, 9.17) is 16.3 Å². The molecule has 0 aliphatic rings. The van der Waals surface area contributed by atoms with Crippen LogP contribution in [0.2, 0.25) is 5.02 Å². The van der Waals surface area contributed by atoms with E-state index in [1.54, 1.807) is 11.8 Å². The average molecular weight is 420 g/mol. The summed E-state index contributed by atoms with van der Waals surface area (Å²) in [5.41, 5.74) is 2.37. The molecule has 1 aromatic heterocycles. The minimum Gasteiger partial charge on any atom is -0.484 e. The monoisotopic (exact) mass is 419 g/mol. The molecule has 0 aliphatic heterocycles. The number of hydrogen-bond acceptors (Lipinski definition) is 6. The molecule has 0 fully saturated rings. The molecule has 3 aromatic rings. The number of carbonyl (C=O) groups is 1. The Hall–Kier alpha value is -2.09. The molecule has 0 unspecified atom stereocenters. The average Bonchev–Trinajstić information content (AvgIpc) is 3.13. The Labute approximate surface area is 171 Å². The molecule has 1 N–H and O–H groups in total.